The smallest absolute Gasteiger partial charge is 0.308 e. The number of carbonyl (C=O) groups is 1. The highest BCUT2D eigenvalue weighted by molar-refractivity contribution is 5.72. The first-order valence-electron chi connectivity index (χ1n) is 8.26. The summed E-state index contributed by atoms with van der Waals surface area (Å²) in [6.45, 7) is 6.49. The maximum Gasteiger partial charge on any atom is 0.308 e. The van der Waals surface area contributed by atoms with Gasteiger partial charge < -0.3 is 14.8 Å². The van der Waals surface area contributed by atoms with Gasteiger partial charge in [-0.15, -0.1) is 0 Å². The summed E-state index contributed by atoms with van der Waals surface area (Å²) < 4.78 is 10.9. The average molecular weight is 283 g/mol. The van der Waals surface area contributed by atoms with E-state index < -0.39 is 0 Å². The second-order valence-corrected chi connectivity index (χ2v) is 6.09. The third kappa shape index (κ3) is 4.19. The van der Waals surface area contributed by atoms with E-state index in [1.54, 1.807) is 0 Å². The van der Waals surface area contributed by atoms with Gasteiger partial charge in [0.15, 0.2) is 0 Å². The minimum atomic E-state index is -0.00497. The van der Waals surface area contributed by atoms with Crippen molar-refractivity contribution in [2.75, 3.05) is 19.8 Å². The number of esters is 1. The molecule has 20 heavy (non-hydrogen) atoms. The van der Waals surface area contributed by atoms with Gasteiger partial charge in [-0.1, -0.05) is 13.3 Å². The van der Waals surface area contributed by atoms with E-state index >= 15 is 0 Å². The van der Waals surface area contributed by atoms with Crippen molar-refractivity contribution >= 4 is 5.97 Å². The third-order valence-electron chi connectivity index (χ3n) is 4.71. The van der Waals surface area contributed by atoms with Crippen LogP contribution in [-0.2, 0) is 14.3 Å². The summed E-state index contributed by atoms with van der Waals surface area (Å²) in [4.78, 5) is 11.8. The molecule has 1 aliphatic carbocycles. The van der Waals surface area contributed by atoms with Crippen molar-refractivity contribution in [3.8, 4) is 0 Å². The topological polar surface area (TPSA) is 47.6 Å². The van der Waals surface area contributed by atoms with Crippen molar-refractivity contribution < 1.29 is 14.3 Å². The maximum atomic E-state index is 11.8. The molecule has 0 bridgehead atoms. The number of rotatable bonds is 6. The van der Waals surface area contributed by atoms with Crippen molar-refractivity contribution in [2.45, 2.75) is 64.5 Å². The molecule has 2 aliphatic rings. The van der Waals surface area contributed by atoms with E-state index in [2.05, 4.69) is 12.2 Å². The summed E-state index contributed by atoms with van der Waals surface area (Å²) in [5.74, 6) is 0.737. The van der Waals surface area contributed by atoms with Crippen LogP contribution < -0.4 is 5.32 Å². The molecular formula is C16H29NO3. The number of carbonyl (C=O) groups excluding carboxylic acids is 1. The van der Waals surface area contributed by atoms with Gasteiger partial charge in [0.2, 0.25) is 0 Å². The number of hydrogen-bond donors (Lipinski definition) is 1. The molecule has 1 aliphatic heterocycles. The minimum absolute atomic E-state index is 0.00497. The summed E-state index contributed by atoms with van der Waals surface area (Å²) in [5.41, 5.74) is 0. The zero-order valence-electron chi connectivity index (χ0n) is 12.9. The SMILES string of the molecule is CCOC(=O)C1CCCC(NCC2CCOC2CC)C1. The highest BCUT2D eigenvalue weighted by Crippen LogP contribution is 2.27. The molecule has 4 heteroatoms. The molecule has 0 spiro atoms. The summed E-state index contributed by atoms with van der Waals surface area (Å²) in [6.07, 6.45) is 6.92. The van der Waals surface area contributed by atoms with Crippen LogP contribution in [0, 0.1) is 11.8 Å². The molecule has 1 saturated heterocycles. The maximum absolute atomic E-state index is 11.8. The van der Waals surface area contributed by atoms with E-state index in [0.717, 1.165) is 38.8 Å². The quantitative estimate of drug-likeness (QED) is 0.761. The van der Waals surface area contributed by atoms with E-state index in [0.29, 0.717) is 24.7 Å². The molecule has 2 rings (SSSR count). The average Bonchev–Trinajstić information content (AvgIpc) is 2.93. The Bertz CT molecular complexity index is 308. The Hall–Kier alpha value is -0.610. The molecule has 0 radical (unpaired) electrons. The predicted molar refractivity (Wildman–Crippen MR) is 78.5 cm³/mol. The van der Waals surface area contributed by atoms with Crippen LogP contribution in [0.5, 0.6) is 0 Å². The van der Waals surface area contributed by atoms with Gasteiger partial charge in [0, 0.05) is 19.2 Å². The van der Waals surface area contributed by atoms with Crippen LogP contribution in [-0.4, -0.2) is 37.9 Å². The van der Waals surface area contributed by atoms with Gasteiger partial charge in [-0.25, -0.2) is 0 Å². The van der Waals surface area contributed by atoms with Crippen LogP contribution in [0.25, 0.3) is 0 Å². The third-order valence-corrected chi connectivity index (χ3v) is 4.71. The molecule has 1 saturated carbocycles. The van der Waals surface area contributed by atoms with Crippen LogP contribution in [0.4, 0.5) is 0 Å². The summed E-state index contributed by atoms with van der Waals surface area (Å²) >= 11 is 0. The number of nitrogens with one attached hydrogen (secondary N) is 1. The lowest BCUT2D eigenvalue weighted by molar-refractivity contribution is -0.149. The van der Waals surface area contributed by atoms with E-state index in [-0.39, 0.29) is 11.9 Å². The number of hydrogen-bond acceptors (Lipinski definition) is 4. The van der Waals surface area contributed by atoms with Crippen LogP contribution in [0.2, 0.25) is 0 Å². The highest BCUT2D eigenvalue weighted by atomic mass is 16.5. The molecule has 1 N–H and O–H groups in total. The molecule has 0 aromatic heterocycles. The Morgan fingerprint density at radius 2 is 2.15 bits per heavy atom. The Kier molecular flexibility index (Phi) is 6.30. The second-order valence-electron chi connectivity index (χ2n) is 6.09. The van der Waals surface area contributed by atoms with Gasteiger partial charge in [-0.2, -0.15) is 0 Å². The fraction of sp³-hybridized carbons (Fsp3) is 0.938. The van der Waals surface area contributed by atoms with Crippen LogP contribution in [0.3, 0.4) is 0 Å². The fourth-order valence-electron chi connectivity index (χ4n) is 3.54. The highest BCUT2D eigenvalue weighted by Gasteiger charge is 2.30. The molecule has 4 nitrogen and oxygen atoms in total. The van der Waals surface area contributed by atoms with Crippen molar-refractivity contribution in [1.29, 1.82) is 0 Å². The lowest BCUT2D eigenvalue weighted by Gasteiger charge is -2.30. The van der Waals surface area contributed by atoms with Gasteiger partial charge >= 0.3 is 5.97 Å². The Balaban J connectivity index is 1.74. The first-order valence-corrected chi connectivity index (χ1v) is 8.26. The first-order chi connectivity index (χ1) is 9.74. The zero-order chi connectivity index (χ0) is 14.4. The minimum Gasteiger partial charge on any atom is -0.466 e. The van der Waals surface area contributed by atoms with Crippen molar-refractivity contribution in [1.82, 2.24) is 5.32 Å². The molecule has 1 heterocycles. The summed E-state index contributed by atoms with van der Waals surface area (Å²) in [6, 6.07) is 0.469. The van der Waals surface area contributed by atoms with Crippen LogP contribution in [0.15, 0.2) is 0 Å². The first kappa shape index (κ1) is 15.8. The molecule has 2 fully saturated rings. The molecule has 4 unspecified atom stereocenters. The van der Waals surface area contributed by atoms with Crippen molar-refractivity contribution in [3.05, 3.63) is 0 Å². The Labute approximate surface area is 122 Å². The van der Waals surface area contributed by atoms with E-state index in [1.165, 1.54) is 12.8 Å². The van der Waals surface area contributed by atoms with Crippen LogP contribution in [0.1, 0.15) is 52.4 Å². The molecular weight excluding hydrogens is 254 g/mol. The van der Waals surface area contributed by atoms with E-state index in [9.17, 15) is 4.79 Å². The summed E-state index contributed by atoms with van der Waals surface area (Å²) in [7, 11) is 0. The zero-order valence-corrected chi connectivity index (χ0v) is 12.9. The number of ether oxygens (including phenoxy) is 2. The largest absolute Gasteiger partial charge is 0.466 e. The molecule has 4 atom stereocenters. The van der Waals surface area contributed by atoms with Crippen LogP contribution >= 0.6 is 0 Å². The Morgan fingerprint density at radius 1 is 1.30 bits per heavy atom. The van der Waals surface area contributed by atoms with Crippen molar-refractivity contribution in [3.63, 3.8) is 0 Å². The molecule has 0 aromatic rings. The van der Waals surface area contributed by atoms with Gasteiger partial charge in [-0.3, -0.25) is 4.79 Å². The van der Waals surface area contributed by atoms with E-state index in [4.69, 9.17) is 9.47 Å². The predicted octanol–water partition coefficient (Wildman–Crippen LogP) is 2.51. The molecule has 0 aromatic carbocycles. The lowest BCUT2D eigenvalue weighted by atomic mass is 9.85. The van der Waals surface area contributed by atoms with Gasteiger partial charge in [0.05, 0.1) is 18.6 Å². The van der Waals surface area contributed by atoms with Gasteiger partial charge in [-0.05, 0) is 44.9 Å². The van der Waals surface area contributed by atoms with Gasteiger partial charge in [0.1, 0.15) is 0 Å². The van der Waals surface area contributed by atoms with Gasteiger partial charge in [0.25, 0.3) is 0 Å². The normalized spacial score (nSPS) is 34.1. The standard InChI is InChI=1S/C16H29NO3/c1-3-15-13(8-9-20-15)11-17-14-7-5-6-12(10-14)16(18)19-4-2/h12-15,17H,3-11H2,1-2H3. The lowest BCUT2D eigenvalue weighted by Crippen LogP contribution is -2.40. The fourth-order valence-corrected chi connectivity index (χ4v) is 3.54. The molecule has 0 amide bonds. The Morgan fingerprint density at radius 3 is 2.90 bits per heavy atom. The van der Waals surface area contributed by atoms with E-state index in [1.807, 2.05) is 6.92 Å². The monoisotopic (exact) mass is 283 g/mol. The second kappa shape index (κ2) is 7.99. The summed E-state index contributed by atoms with van der Waals surface area (Å²) in [5, 5.41) is 3.67. The van der Waals surface area contributed by atoms with Crippen molar-refractivity contribution in [2.24, 2.45) is 11.8 Å². The molecule has 116 valence electrons.